The molecule has 0 spiro atoms. The van der Waals surface area contributed by atoms with Crippen molar-refractivity contribution in [3.63, 3.8) is 0 Å². The lowest BCUT2D eigenvalue weighted by atomic mass is 10.0. The van der Waals surface area contributed by atoms with E-state index in [2.05, 4.69) is 16.1 Å². The average molecular weight is 252 g/mol. The van der Waals surface area contributed by atoms with Gasteiger partial charge in [-0.2, -0.15) is 5.10 Å². The van der Waals surface area contributed by atoms with Crippen molar-refractivity contribution in [2.75, 3.05) is 0 Å². The quantitative estimate of drug-likeness (QED) is 0.761. The molecule has 0 aliphatic rings. The summed E-state index contributed by atoms with van der Waals surface area (Å²) in [5, 5.41) is 5.65. The van der Waals surface area contributed by atoms with Crippen LogP contribution in [0.4, 0.5) is 0 Å². The number of aryl methyl sites for hydroxylation is 2. The molecule has 0 aliphatic carbocycles. The summed E-state index contributed by atoms with van der Waals surface area (Å²) in [6.45, 7) is 1.96. The van der Waals surface area contributed by atoms with Gasteiger partial charge >= 0.3 is 0 Å². The molecule has 0 radical (unpaired) electrons. The SMILES string of the molecule is Cc1ccc(C(N)c2nn(C)c3ccccc23)cn1. The first kappa shape index (κ1) is 11.9. The first-order chi connectivity index (χ1) is 9.16. The summed E-state index contributed by atoms with van der Waals surface area (Å²) in [5.41, 5.74) is 10.3. The lowest BCUT2D eigenvalue weighted by Gasteiger charge is -2.09. The minimum absolute atomic E-state index is 0.251. The summed E-state index contributed by atoms with van der Waals surface area (Å²) < 4.78 is 1.87. The van der Waals surface area contributed by atoms with Gasteiger partial charge in [-0.25, -0.2) is 0 Å². The third-order valence-corrected chi connectivity index (χ3v) is 3.37. The number of para-hydroxylation sites is 1. The molecule has 1 unspecified atom stereocenters. The van der Waals surface area contributed by atoms with Crippen LogP contribution in [0.5, 0.6) is 0 Å². The number of benzene rings is 1. The molecule has 2 aromatic heterocycles. The molecule has 2 N–H and O–H groups in total. The Labute approximate surface area is 111 Å². The Balaban J connectivity index is 2.11. The van der Waals surface area contributed by atoms with E-state index in [1.807, 2.05) is 55.2 Å². The Kier molecular flexibility index (Phi) is 2.80. The molecule has 19 heavy (non-hydrogen) atoms. The molecule has 0 fully saturated rings. The molecule has 0 saturated heterocycles. The van der Waals surface area contributed by atoms with Gasteiger partial charge in [0.25, 0.3) is 0 Å². The molecule has 3 aromatic rings. The van der Waals surface area contributed by atoms with Gasteiger partial charge in [-0.1, -0.05) is 24.3 Å². The van der Waals surface area contributed by atoms with Crippen LogP contribution in [-0.4, -0.2) is 14.8 Å². The Bertz CT molecular complexity index is 713. The molecule has 2 heterocycles. The molecule has 4 nitrogen and oxygen atoms in total. The second-order valence-electron chi connectivity index (χ2n) is 4.74. The fourth-order valence-electron chi connectivity index (χ4n) is 2.29. The second kappa shape index (κ2) is 4.48. The normalized spacial score (nSPS) is 12.8. The molecule has 3 rings (SSSR count). The summed E-state index contributed by atoms with van der Waals surface area (Å²) >= 11 is 0. The number of pyridine rings is 1. The highest BCUT2D eigenvalue weighted by atomic mass is 15.3. The predicted molar refractivity (Wildman–Crippen MR) is 75.7 cm³/mol. The van der Waals surface area contributed by atoms with Crippen molar-refractivity contribution < 1.29 is 0 Å². The van der Waals surface area contributed by atoms with E-state index in [9.17, 15) is 0 Å². The van der Waals surface area contributed by atoms with Crippen molar-refractivity contribution in [3.8, 4) is 0 Å². The number of nitrogens with zero attached hydrogens (tertiary/aromatic N) is 3. The lowest BCUT2D eigenvalue weighted by molar-refractivity contribution is 0.730. The van der Waals surface area contributed by atoms with Crippen molar-refractivity contribution >= 4 is 10.9 Å². The fourth-order valence-corrected chi connectivity index (χ4v) is 2.29. The molecule has 0 bridgehead atoms. The third-order valence-electron chi connectivity index (χ3n) is 3.37. The van der Waals surface area contributed by atoms with Crippen molar-refractivity contribution in [1.82, 2.24) is 14.8 Å². The van der Waals surface area contributed by atoms with Gasteiger partial charge in [0.2, 0.25) is 0 Å². The van der Waals surface area contributed by atoms with Crippen LogP contribution >= 0.6 is 0 Å². The van der Waals surface area contributed by atoms with Crippen LogP contribution in [0.3, 0.4) is 0 Å². The van der Waals surface area contributed by atoms with E-state index < -0.39 is 0 Å². The molecular weight excluding hydrogens is 236 g/mol. The fraction of sp³-hybridized carbons (Fsp3) is 0.200. The molecule has 1 aromatic carbocycles. The van der Waals surface area contributed by atoms with Gasteiger partial charge in [-0.15, -0.1) is 0 Å². The minimum Gasteiger partial charge on any atom is -0.319 e. The maximum absolute atomic E-state index is 6.33. The second-order valence-corrected chi connectivity index (χ2v) is 4.74. The van der Waals surface area contributed by atoms with Gasteiger partial charge in [0.1, 0.15) is 0 Å². The summed E-state index contributed by atoms with van der Waals surface area (Å²) in [5.74, 6) is 0. The van der Waals surface area contributed by atoms with E-state index in [-0.39, 0.29) is 6.04 Å². The molecule has 0 saturated carbocycles. The monoisotopic (exact) mass is 252 g/mol. The van der Waals surface area contributed by atoms with Gasteiger partial charge in [0, 0.05) is 24.3 Å². The standard InChI is InChI=1S/C15H16N4/c1-10-7-8-11(9-17-10)14(16)15-12-5-3-4-6-13(12)19(2)18-15/h3-9,14H,16H2,1-2H3. The first-order valence-corrected chi connectivity index (χ1v) is 6.26. The number of fused-ring (bicyclic) bond motifs is 1. The highest BCUT2D eigenvalue weighted by Gasteiger charge is 2.17. The van der Waals surface area contributed by atoms with Crippen molar-refractivity contribution in [3.05, 3.63) is 59.5 Å². The van der Waals surface area contributed by atoms with Gasteiger partial charge in [0.15, 0.2) is 0 Å². The highest BCUT2D eigenvalue weighted by molar-refractivity contribution is 5.82. The Morgan fingerprint density at radius 1 is 1.16 bits per heavy atom. The molecule has 1 atom stereocenters. The Morgan fingerprint density at radius 3 is 2.68 bits per heavy atom. The maximum Gasteiger partial charge on any atom is 0.0916 e. The van der Waals surface area contributed by atoms with Crippen molar-refractivity contribution in [2.24, 2.45) is 12.8 Å². The molecule has 4 heteroatoms. The minimum atomic E-state index is -0.251. The zero-order valence-corrected chi connectivity index (χ0v) is 11.0. The van der Waals surface area contributed by atoms with E-state index in [0.717, 1.165) is 27.9 Å². The van der Waals surface area contributed by atoms with E-state index >= 15 is 0 Å². The van der Waals surface area contributed by atoms with Gasteiger partial charge in [0.05, 0.1) is 17.3 Å². The largest absolute Gasteiger partial charge is 0.319 e. The summed E-state index contributed by atoms with van der Waals surface area (Å²) in [6, 6.07) is 11.8. The van der Waals surface area contributed by atoms with Gasteiger partial charge < -0.3 is 5.73 Å². The van der Waals surface area contributed by atoms with E-state index in [1.54, 1.807) is 0 Å². The molecule has 96 valence electrons. The number of hydrogen-bond donors (Lipinski definition) is 1. The predicted octanol–water partition coefficient (Wildman–Crippen LogP) is 2.32. The van der Waals surface area contributed by atoms with E-state index in [0.29, 0.717) is 0 Å². The Hall–Kier alpha value is -2.20. The van der Waals surface area contributed by atoms with Crippen LogP contribution in [0.1, 0.15) is 23.0 Å². The number of hydrogen-bond acceptors (Lipinski definition) is 3. The van der Waals surface area contributed by atoms with Crippen LogP contribution in [-0.2, 0) is 7.05 Å². The van der Waals surface area contributed by atoms with Gasteiger partial charge in [-0.05, 0) is 24.6 Å². The molecular formula is C15H16N4. The van der Waals surface area contributed by atoms with E-state index in [1.165, 1.54) is 0 Å². The summed E-state index contributed by atoms with van der Waals surface area (Å²) in [6.07, 6.45) is 1.82. The van der Waals surface area contributed by atoms with Crippen LogP contribution in [0, 0.1) is 6.92 Å². The zero-order valence-electron chi connectivity index (χ0n) is 11.0. The molecule has 0 amide bonds. The van der Waals surface area contributed by atoms with Crippen LogP contribution in [0.15, 0.2) is 42.6 Å². The highest BCUT2D eigenvalue weighted by Crippen LogP contribution is 2.25. The van der Waals surface area contributed by atoms with Crippen LogP contribution in [0.2, 0.25) is 0 Å². The van der Waals surface area contributed by atoms with Gasteiger partial charge in [-0.3, -0.25) is 9.67 Å². The van der Waals surface area contributed by atoms with E-state index in [4.69, 9.17) is 5.73 Å². The lowest BCUT2D eigenvalue weighted by Crippen LogP contribution is -2.13. The topological polar surface area (TPSA) is 56.7 Å². The molecule has 0 aliphatic heterocycles. The zero-order chi connectivity index (χ0) is 13.4. The number of aromatic nitrogens is 3. The summed E-state index contributed by atoms with van der Waals surface area (Å²) in [4.78, 5) is 4.30. The summed E-state index contributed by atoms with van der Waals surface area (Å²) in [7, 11) is 1.94. The van der Waals surface area contributed by atoms with Crippen LogP contribution in [0.25, 0.3) is 10.9 Å². The first-order valence-electron chi connectivity index (χ1n) is 6.26. The third kappa shape index (κ3) is 2.00. The van der Waals surface area contributed by atoms with Crippen molar-refractivity contribution in [2.45, 2.75) is 13.0 Å². The number of nitrogens with two attached hydrogens (primary N) is 1. The number of rotatable bonds is 2. The average Bonchev–Trinajstić information content (AvgIpc) is 2.77. The van der Waals surface area contributed by atoms with Crippen molar-refractivity contribution in [1.29, 1.82) is 0 Å². The smallest absolute Gasteiger partial charge is 0.0916 e. The van der Waals surface area contributed by atoms with Crippen LogP contribution < -0.4 is 5.73 Å². The maximum atomic E-state index is 6.33. The Morgan fingerprint density at radius 2 is 1.95 bits per heavy atom.